The van der Waals surface area contributed by atoms with Crippen molar-refractivity contribution < 1.29 is 4.74 Å². The van der Waals surface area contributed by atoms with Crippen LogP contribution >= 0.6 is 0 Å². The van der Waals surface area contributed by atoms with Gasteiger partial charge in [0.05, 0.1) is 12.8 Å². The van der Waals surface area contributed by atoms with Crippen LogP contribution in [0, 0.1) is 0 Å². The van der Waals surface area contributed by atoms with E-state index < -0.39 is 0 Å². The van der Waals surface area contributed by atoms with Gasteiger partial charge in [-0.05, 0) is 42.6 Å². The molecule has 0 saturated carbocycles. The van der Waals surface area contributed by atoms with Crippen LogP contribution in [-0.4, -0.2) is 23.6 Å². The van der Waals surface area contributed by atoms with Crippen molar-refractivity contribution in [3.05, 3.63) is 52.6 Å². The number of methoxy groups -OCH3 is 1. The van der Waals surface area contributed by atoms with E-state index in [1.54, 1.807) is 7.11 Å². The molecule has 4 nitrogen and oxygen atoms in total. The van der Waals surface area contributed by atoms with E-state index in [0.717, 1.165) is 43.9 Å². The average molecular weight is 283 g/mol. The lowest BCUT2D eigenvalue weighted by atomic mass is 10.0. The zero-order valence-electron chi connectivity index (χ0n) is 12.6. The molecule has 1 aliphatic heterocycles. The van der Waals surface area contributed by atoms with E-state index in [0.29, 0.717) is 0 Å². The molecule has 1 aromatic carbocycles. The van der Waals surface area contributed by atoms with Gasteiger partial charge < -0.3 is 10.1 Å². The maximum Gasteiger partial charge on any atom is 0.133 e. The predicted molar refractivity (Wildman–Crippen MR) is 82.6 cm³/mol. The van der Waals surface area contributed by atoms with Gasteiger partial charge in [-0.25, -0.2) is 9.97 Å². The Morgan fingerprint density at radius 1 is 1.19 bits per heavy atom. The molecule has 2 heterocycles. The number of benzene rings is 1. The van der Waals surface area contributed by atoms with E-state index >= 15 is 0 Å². The lowest BCUT2D eigenvalue weighted by Crippen LogP contribution is -2.27. The van der Waals surface area contributed by atoms with Crippen LogP contribution in [0.2, 0.25) is 0 Å². The van der Waals surface area contributed by atoms with Gasteiger partial charge in [-0.2, -0.15) is 0 Å². The summed E-state index contributed by atoms with van der Waals surface area (Å²) in [5.74, 6) is 1.79. The van der Waals surface area contributed by atoms with Gasteiger partial charge in [0.2, 0.25) is 0 Å². The Bertz CT molecular complexity index is 605. The summed E-state index contributed by atoms with van der Waals surface area (Å²) >= 11 is 0. The fourth-order valence-corrected chi connectivity index (χ4v) is 2.79. The molecule has 2 aromatic rings. The highest BCUT2D eigenvalue weighted by Crippen LogP contribution is 2.19. The van der Waals surface area contributed by atoms with E-state index in [1.165, 1.54) is 22.5 Å². The molecule has 0 saturated heterocycles. The fraction of sp³-hybridized carbons (Fsp3) is 0.412. The highest BCUT2D eigenvalue weighted by molar-refractivity contribution is 5.32. The normalized spacial score (nSPS) is 13.8. The monoisotopic (exact) mass is 283 g/mol. The van der Waals surface area contributed by atoms with Crippen molar-refractivity contribution in [1.82, 2.24) is 15.3 Å². The molecule has 0 fully saturated rings. The van der Waals surface area contributed by atoms with Crippen molar-refractivity contribution in [3.8, 4) is 5.75 Å². The average Bonchev–Trinajstić information content (AvgIpc) is 2.55. The van der Waals surface area contributed by atoms with E-state index in [-0.39, 0.29) is 0 Å². The van der Waals surface area contributed by atoms with Crippen molar-refractivity contribution in [2.45, 2.75) is 32.7 Å². The molecule has 4 heteroatoms. The van der Waals surface area contributed by atoms with Gasteiger partial charge in [-0.3, -0.25) is 0 Å². The van der Waals surface area contributed by atoms with E-state index in [9.17, 15) is 0 Å². The van der Waals surface area contributed by atoms with Gasteiger partial charge in [-0.1, -0.05) is 19.1 Å². The van der Waals surface area contributed by atoms with Gasteiger partial charge in [0.25, 0.3) is 0 Å². The van der Waals surface area contributed by atoms with E-state index in [4.69, 9.17) is 14.7 Å². The summed E-state index contributed by atoms with van der Waals surface area (Å²) in [6.07, 6.45) is 2.78. The molecule has 0 amide bonds. The van der Waals surface area contributed by atoms with Gasteiger partial charge in [0.1, 0.15) is 11.6 Å². The first-order chi connectivity index (χ1) is 10.3. The van der Waals surface area contributed by atoms with Crippen LogP contribution < -0.4 is 10.1 Å². The number of rotatable bonds is 4. The zero-order valence-corrected chi connectivity index (χ0v) is 12.6. The number of hydrogen-bond donors (Lipinski definition) is 1. The summed E-state index contributed by atoms with van der Waals surface area (Å²) in [6.45, 7) is 4.06. The molecule has 0 atom stereocenters. The van der Waals surface area contributed by atoms with Crippen LogP contribution in [0.3, 0.4) is 0 Å². The number of fused-ring (bicyclic) bond motifs is 1. The Morgan fingerprint density at radius 2 is 2.00 bits per heavy atom. The third kappa shape index (κ3) is 3.05. The molecule has 0 radical (unpaired) electrons. The summed E-state index contributed by atoms with van der Waals surface area (Å²) in [6, 6.07) is 8.11. The van der Waals surface area contributed by atoms with Gasteiger partial charge in [0, 0.05) is 18.7 Å². The molecule has 1 aliphatic rings. The van der Waals surface area contributed by atoms with Crippen molar-refractivity contribution in [2.75, 3.05) is 13.7 Å². The molecule has 1 aromatic heterocycles. The van der Waals surface area contributed by atoms with Crippen molar-refractivity contribution in [1.29, 1.82) is 0 Å². The van der Waals surface area contributed by atoms with Crippen LogP contribution in [0.25, 0.3) is 0 Å². The topological polar surface area (TPSA) is 47.0 Å². The van der Waals surface area contributed by atoms with E-state index in [1.807, 2.05) is 12.1 Å². The third-order valence-corrected chi connectivity index (χ3v) is 3.93. The van der Waals surface area contributed by atoms with Gasteiger partial charge in [0.15, 0.2) is 0 Å². The SMILES string of the molecule is CCc1nc(Cc2ccc(OC)cc2)nc2c1CCNC2. The number of nitrogens with zero attached hydrogens (tertiary/aromatic N) is 2. The second-order valence-electron chi connectivity index (χ2n) is 5.32. The Morgan fingerprint density at radius 3 is 2.71 bits per heavy atom. The Labute approximate surface area is 125 Å². The van der Waals surface area contributed by atoms with Crippen molar-refractivity contribution in [3.63, 3.8) is 0 Å². The Balaban J connectivity index is 1.87. The minimum Gasteiger partial charge on any atom is -0.497 e. The highest BCUT2D eigenvalue weighted by atomic mass is 16.5. The summed E-state index contributed by atoms with van der Waals surface area (Å²) in [7, 11) is 1.68. The maximum atomic E-state index is 5.19. The minimum absolute atomic E-state index is 0.768. The lowest BCUT2D eigenvalue weighted by molar-refractivity contribution is 0.414. The molecule has 0 spiro atoms. The van der Waals surface area contributed by atoms with Crippen LogP contribution in [0.4, 0.5) is 0 Å². The predicted octanol–water partition coefficient (Wildman–Crippen LogP) is 2.28. The second kappa shape index (κ2) is 6.22. The Kier molecular flexibility index (Phi) is 4.15. The number of nitrogens with one attached hydrogen (secondary N) is 1. The summed E-state index contributed by atoms with van der Waals surface area (Å²) < 4.78 is 5.19. The summed E-state index contributed by atoms with van der Waals surface area (Å²) in [4.78, 5) is 9.53. The van der Waals surface area contributed by atoms with Crippen molar-refractivity contribution in [2.24, 2.45) is 0 Å². The smallest absolute Gasteiger partial charge is 0.133 e. The number of aryl methyl sites for hydroxylation is 1. The van der Waals surface area contributed by atoms with Gasteiger partial charge >= 0.3 is 0 Å². The minimum atomic E-state index is 0.768. The van der Waals surface area contributed by atoms with Crippen molar-refractivity contribution >= 4 is 0 Å². The molecule has 0 bridgehead atoms. The molecule has 0 aliphatic carbocycles. The van der Waals surface area contributed by atoms with Crippen LogP contribution in [0.5, 0.6) is 5.75 Å². The summed E-state index contributed by atoms with van der Waals surface area (Å²) in [5.41, 5.74) is 4.96. The Hall–Kier alpha value is -1.94. The standard InChI is InChI=1S/C17H21N3O/c1-3-15-14-8-9-18-11-16(14)20-17(19-15)10-12-4-6-13(21-2)7-5-12/h4-7,18H,3,8-11H2,1-2H3. The number of aromatic nitrogens is 2. The molecule has 1 N–H and O–H groups in total. The molecule has 21 heavy (non-hydrogen) atoms. The molecule has 110 valence electrons. The lowest BCUT2D eigenvalue weighted by Gasteiger charge is -2.19. The number of hydrogen-bond acceptors (Lipinski definition) is 4. The number of ether oxygens (including phenoxy) is 1. The second-order valence-corrected chi connectivity index (χ2v) is 5.32. The first-order valence-electron chi connectivity index (χ1n) is 7.51. The van der Waals surface area contributed by atoms with Crippen LogP contribution in [0.1, 0.15) is 35.3 Å². The summed E-state index contributed by atoms with van der Waals surface area (Å²) in [5, 5.41) is 3.39. The molecule has 0 unspecified atom stereocenters. The van der Waals surface area contributed by atoms with Gasteiger partial charge in [-0.15, -0.1) is 0 Å². The van der Waals surface area contributed by atoms with E-state index in [2.05, 4.69) is 24.4 Å². The fourth-order valence-electron chi connectivity index (χ4n) is 2.79. The molecular weight excluding hydrogens is 262 g/mol. The maximum absolute atomic E-state index is 5.19. The molecular formula is C17H21N3O. The first kappa shape index (κ1) is 14.0. The zero-order chi connectivity index (χ0) is 14.7. The van der Waals surface area contributed by atoms with Crippen LogP contribution in [-0.2, 0) is 25.8 Å². The highest BCUT2D eigenvalue weighted by Gasteiger charge is 2.16. The first-order valence-corrected chi connectivity index (χ1v) is 7.51. The van der Waals surface area contributed by atoms with Crippen LogP contribution in [0.15, 0.2) is 24.3 Å². The molecule has 3 rings (SSSR count). The quantitative estimate of drug-likeness (QED) is 0.935. The largest absolute Gasteiger partial charge is 0.497 e. The third-order valence-electron chi connectivity index (χ3n) is 3.93.